The average molecular weight is 259 g/mol. The van der Waals surface area contributed by atoms with Gasteiger partial charge in [-0.05, 0) is 31.5 Å². The van der Waals surface area contributed by atoms with Gasteiger partial charge in [-0.15, -0.1) is 0 Å². The van der Waals surface area contributed by atoms with E-state index in [4.69, 9.17) is 0 Å². The van der Waals surface area contributed by atoms with Crippen LogP contribution in [0.15, 0.2) is 42.5 Å². The number of phenolic OH excluding ortho intramolecular Hbond substituents is 1. The summed E-state index contributed by atoms with van der Waals surface area (Å²) in [6.45, 7) is 3.33. The maximum Gasteiger partial charge on any atom is 0.165 e. The summed E-state index contributed by atoms with van der Waals surface area (Å²) in [5.41, 5.74) is 3.11. The molecule has 0 amide bonds. The minimum Gasteiger partial charge on any atom is -0.505 e. The van der Waals surface area contributed by atoms with Crippen LogP contribution in [0.4, 0.5) is 4.39 Å². The van der Waals surface area contributed by atoms with Gasteiger partial charge in [-0.25, -0.2) is 4.39 Å². The van der Waals surface area contributed by atoms with Crippen LogP contribution < -0.4 is 5.32 Å². The molecule has 19 heavy (non-hydrogen) atoms. The average Bonchev–Trinajstić information content (AvgIpc) is 2.39. The van der Waals surface area contributed by atoms with Gasteiger partial charge in [-0.1, -0.05) is 42.0 Å². The number of halogens is 1. The van der Waals surface area contributed by atoms with Crippen LogP contribution in [0.2, 0.25) is 0 Å². The van der Waals surface area contributed by atoms with Gasteiger partial charge in [0.25, 0.3) is 0 Å². The lowest BCUT2D eigenvalue weighted by molar-refractivity contribution is 0.423. The van der Waals surface area contributed by atoms with E-state index in [2.05, 4.69) is 30.4 Å². The van der Waals surface area contributed by atoms with Gasteiger partial charge >= 0.3 is 0 Å². The van der Waals surface area contributed by atoms with E-state index in [-0.39, 0.29) is 5.75 Å². The Morgan fingerprint density at radius 2 is 1.95 bits per heavy atom. The van der Waals surface area contributed by atoms with Crippen molar-refractivity contribution in [1.82, 2.24) is 5.32 Å². The molecule has 0 unspecified atom stereocenters. The molecule has 2 rings (SSSR count). The Balaban J connectivity index is 1.82. The van der Waals surface area contributed by atoms with Crippen LogP contribution in [0.1, 0.15) is 16.7 Å². The van der Waals surface area contributed by atoms with Crippen molar-refractivity contribution in [3.8, 4) is 5.75 Å². The highest BCUT2D eigenvalue weighted by atomic mass is 19.1. The number of aryl methyl sites for hydroxylation is 1. The summed E-state index contributed by atoms with van der Waals surface area (Å²) in [4.78, 5) is 0. The molecule has 0 aliphatic heterocycles. The molecule has 0 fully saturated rings. The van der Waals surface area contributed by atoms with Crippen molar-refractivity contribution in [3.63, 3.8) is 0 Å². The zero-order valence-electron chi connectivity index (χ0n) is 11.0. The third-order valence-corrected chi connectivity index (χ3v) is 3.06. The van der Waals surface area contributed by atoms with Crippen LogP contribution in [0.5, 0.6) is 5.75 Å². The van der Waals surface area contributed by atoms with Crippen molar-refractivity contribution in [3.05, 3.63) is 65.0 Å². The molecular formula is C16H18FNO. The summed E-state index contributed by atoms with van der Waals surface area (Å²) >= 11 is 0. The van der Waals surface area contributed by atoms with Gasteiger partial charge in [-0.2, -0.15) is 0 Å². The fraction of sp³-hybridized carbons (Fsp3) is 0.250. The minimum atomic E-state index is -0.571. The molecule has 3 heteroatoms. The Hall–Kier alpha value is -1.87. The summed E-state index contributed by atoms with van der Waals surface area (Å²) in [7, 11) is 0. The molecule has 0 saturated heterocycles. The molecule has 0 aliphatic carbocycles. The number of nitrogens with one attached hydrogen (secondary N) is 1. The standard InChI is InChI=1S/C16H18FNO/c1-12-4-2-5-13(10-12)8-9-18-11-14-6-3-7-15(17)16(14)19/h2-7,10,18-19H,8-9,11H2,1H3. The van der Waals surface area contributed by atoms with E-state index in [1.54, 1.807) is 12.1 Å². The summed E-state index contributed by atoms with van der Waals surface area (Å²) < 4.78 is 13.1. The van der Waals surface area contributed by atoms with Crippen molar-refractivity contribution < 1.29 is 9.50 Å². The highest BCUT2D eigenvalue weighted by Gasteiger charge is 2.05. The zero-order valence-corrected chi connectivity index (χ0v) is 11.0. The Labute approximate surface area is 112 Å². The number of hydrogen-bond acceptors (Lipinski definition) is 2. The van der Waals surface area contributed by atoms with Crippen LogP contribution in [0.3, 0.4) is 0 Å². The van der Waals surface area contributed by atoms with E-state index in [0.717, 1.165) is 13.0 Å². The van der Waals surface area contributed by atoms with Gasteiger partial charge in [0.1, 0.15) is 0 Å². The third kappa shape index (κ3) is 3.80. The second-order valence-corrected chi connectivity index (χ2v) is 4.66. The van der Waals surface area contributed by atoms with Crippen molar-refractivity contribution >= 4 is 0 Å². The molecule has 2 aromatic carbocycles. The van der Waals surface area contributed by atoms with Crippen LogP contribution in [0.25, 0.3) is 0 Å². The SMILES string of the molecule is Cc1cccc(CCNCc2cccc(F)c2O)c1. The maximum absolute atomic E-state index is 13.1. The molecule has 2 aromatic rings. The van der Waals surface area contributed by atoms with E-state index in [9.17, 15) is 9.50 Å². The van der Waals surface area contributed by atoms with E-state index < -0.39 is 5.82 Å². The lowest BCUT2D eigenvalue weighted by Gasteiger charge is -2.07. The topological polar surface area (TPSA) is 32.3 Å². The van der Waals surface area contributed by atoms with Gasteiger partial charge < -0.3 is 10.4 Å². The molecule has 0 aliphatic rings. The van der Waals surface area contributed by atoms with Gasteiger partial charge in [0.2, 0.25) is 0 Å². The highest BCUT2D eigenvalue weighted by molar-refractivity contribution is 5.33. The van der Waals surface area contributed by atoms with Crippen molar-refractivity contribution in [2.75, 3.05) is 6.54 Å². The predicted octanol–water partition coefficient (Wildman–Crippen LogP) is 3.17. The summed E-state index contributed by atoms with van der Waals surface area (Å²) in [6.07, 6.45) is 0.914. The first-order chi connectivity index (χ1) is 9.16. The lowest BCUT2D eigenvalue weighted by Crippen LogP contribution is -2.16. The molecule has 0 spiro atoms. The van der Waals surface area contributed by atoms with E-state index in [1.165, 1.54) is 17.2 Å². The van der Waals surface area contributed by atoms with Crippen molar-refractivity contribution in [2.45, 2.75) is 19.9 Å². The second kappa shape index (κ2) is 6.34. The van der Waals surface area contributed by atoms with Crippen LogP contribution in [-0.2, 0) is 13.0 Å². The molecule has 0 aromatic heterocycles. The highest BCUT2D eigenvalue weighted by Crippen LogP contribution is 2.20. The van der Waals surface area contributed by atoms with Gasteiger partial charge in [0.05, 0.1) is 0 Å². The molecule has 0 radical (unpaired) electrons. The number of aromatic hydroxyl groups is 1. The quantitative estimate of drug-likeness (QED) is 0.808. The van der Waals surface area contributed by atoms with E-state index in [1.807, 2.05) is 6.07 Å². The Morgan fingerprint density at radius 3 is 2.74 bits per heavy atom. The summed E-state index contributed by atoms with van der Waals surface area (Å²) in [5.74, 6) is -0.830. The first kappa shape index (κ1) is 13.6. The number of hydrogen-bond donors (Lipinski definition) is 2. The monoisotopic (exact) mass is 259 g/mol. The molecule has 100 valence electrons. The van der Waals surface area contributed by atoms with Crippen molar-refractivity contribution in [1.29, 1.82) is 0 Å². The smallest absolute Gasteiger partial charge is 0.165 e. The lowest BCUT2D eigenvalue weighted by atomic mass is 10.1. The predicted molar refractivity (Wildman–Crippen MR) is 74.7 cm³/mol. The number of para-hydroxylation sites is 1. The third-order valence-electron chi connectivity index (χ3n) is 3.06. The van der Waals surface area contributed by atoms with E-state index in [0.29, 0.717) is 12.1 Å². The fourth-order valence-corrected chi connectivity index (χ4v) is 2.03. The van der Waals surface area contributed by atoms with Gasteiger partial charge in [-0.3, -0.25) is 0 Å². The van der Waals surface area contributed by atoms with E-state index >= 15 is 0 Å². The maximum atomic E-state index is 13.1. The molecule has 0 heterocycles. The first-order valence-electron chi connectivity index (χ1n) is 6.39. The minimum absolute atomic E-state index is 0.259. The van der Waals surface area contributed by atoms with Crippen molar-refractivity contribution in [2.24, 2.45) is 0 Å². The van der Waals surface area contributed by atoms with Crippen LogP contribution in [-0.4, -0.2) is 11.7 Å². The van der Waals surface area contributed by atoms with Crippen LogP contribution in [0, 0.1) is 12.7 Å². The fourth-order valence-electron chi connectivity index (χ4n) is 2.03. The number of phenols is 1. The van der Waals surface area contributed by atoms with Gasteiger partial charge in [0, 0.05) is 12.1 Å². The summed E-state index contributed by atoms with van der Waals surface area (Å²) in [5, 5.41) is 12.7. The number of rotatable bonds is 5. The molecule has 0 bridgehead atoms. The Bertz CT molecular complexity index is 554. The Kier molecular flexibility index (Phi) is 4.53. The molecule has 0 saturated carbocycles. The Morgan fingerprint density at radius 1 is 1.16 bits per heavy atom. The van der Waals surface area contributed by atoms with Crippen LogP contribution >= 0.6 is 0 Å². The zero-order chi connectivity index (χ0) is 13.7. The normalized spacial score (nSPS) is 10.6. The summed E-state index contributed by atoms with van der Waals surface area (Å²) in [6, 6.07) is 12.9. The second-order valence-electron chi connectivity index (χ2n) is 4.66. The largest absolute Gasteiger partial charge is 0.505 e. The first-order valence-corrected chi connectivity index (χ1v) is 6.39. The molecule has 2 nitrogen and oxygen atoms in total. The molecule has 0 atom stereocenters. The number of benzene rings is 2. The molecule has 2 N–H and O–H groups in total. The van der Waals surface area contributed by atoms with Gasteiger partial charge in [0.15, 0.2) is 11.6 Å². The molecular weight excluding hydrogens is 241 g/mol.